The van der Waals surface area contributed by atoms with Crippen LogP contribution in [0.2, 0.25) is 0 Å². The van der Waals surface area contributed by atoms with Gasteiger partial charge in [-0.25, -0.2) is 8.89 Å². The van der Waals surface area contributed by atoms with E-state index in [0.29, 0.717) is 24.0 Å². The summed E-state index contributed by atoms with van der Waals surface area (Å²) in [6.45, 7) is 1.07. The third-order valence-corrected chi connectivity index (χ3v) is 4.39. The first-order chi connectivity index (χ1) is 10.7. The predicted octanol–water partition coefficient (Wildman–Crippen LogP) is 0.913. The van der Waals surface area contributed by atoms with E-state index in [2.05, 4.69) is 9.82 Å². The Hall–Kier alpha value is -2.61. The summed E-state index contributed by atoms with van der Waals surface area (Å²) in [4.78, 5) is 11.2. The SMILES string of the molecule is O=C1C=C(n2cc(-c3ccc4c(c3)OCCO4)cn2)S(=O)N1. The van der Waals surface area contributed by atoms with Gasteiger partial charge in [-0.15, -0.1) is 0 Å². The normalized spacial score (nSPS) is 19.7. The average molecular weight is 317 g/mol. The van der Waals surface area contributed by atoms with Crippen LogP contribution in [-0.2, 0) is 15.8 Å². The first-order valence-electron chi connectivity index (χ1n) is 6.60. The van der Waals surface area contributed by atoms with Gasteiger partial charge in [-0.2, -0.15) is 5.10 Å². The first-order valence-corrected chi connectivity index (χ1v) is 7.75. The van der Waals surface area contributed by atoms with Crippen LogP contribution in [0.25, 0.3) is 16.2 Å². The molecule has 2 aromatic rings. The summed E-state index contributed by atoms with van der Waals surface area (Å²) in [7, 11) is -1.57. The van der Waals surface area contributed by atoms with Crippen LogP contribution in [0.1, 0.15) is 0 Å². The second-order valence-corrected chi connectivity index (χ2v) is 5.91. The molecule has 8 heteroatoms. The molecule has 1 aromatic carbocycles. The third kappa shape index (κ3) is 2.17. The minimum atomic E-state index is -1.57. The van der Waals surface area contributed by atoms with Gasteiger partial charge in [0.2, 0.25) is 0 Å². The number of carbonyl (C=O) groups is 1. The van der Waals surface area contributed by atoms with Gasteiger partial charge in [-0.05, 0) is 17.7 Å². The van der Waals surface area contributed by atoms with Gasteiger partial charge < -0.3 is 9.47 Å². The molecule has 0 bridgehead atoms. The standard InChI is InChI=1S/C14H11N3O4S/c18-13-6-14(22(19)16-13)17-8-10(7-15-17)9-1-2-11-12(5-9)21-4-3-20-11/h1-2,5-8H,3-4H2,(H,16,18). The number of fused-ring (bicyclic) bond motifs is 1. The van der Waals surface area contributed by atoms with Crippen molar-refractivity contribution < 1.29 is 18.5 Å². The van der Waals surface area contributed by atoms with E-state index in [4.69, 9.17) is 9.47 Å². The van der Waals surface area contributed by atoms with Gasteiger partial charge >= 0.3 is 0 Å². The molecule has 4 rings (SSSR count). The van der Waals surface area contributed by atoms with E-state index in [1.165, 1.54) is 10.8 Å². The minimum absolute atomic E-state index is 0.314. The van der Waals surface area contributed by atoms with Crippen molar-refractivity contribution >= 4 is 21.9 Å². The number of ether oxygens (including phenoxy) is 2. The minimum Gasteiger partial charge on any atom is -0.486 e. The summed E-state index contributed by atoms with van der Waals surface area (Å²) < 4.78 is 26.5. The van der Waals surface area contributed by atoms with E-state index in [9.17, 15) is 9.00 Å². The number of carbonyl (C=O) groups excluding carboxylic acids is 1. The highest BCUT2D eigenvalue weighted by molar-refractivity contribution is 7.93. The summed E-state index contributed by atoms with van der Waals surface area (Å²) in [6.07, 6.45) is 4.64. The number of hydrogen-bond acceptors (Lipinski definition) is 5. The van der Waals surface area contributed by atoms with Gasteiger partial charge in [0.15, 0.2) is 27.5 Å². The van der Waals surface area contributed by atoms with Crippen LogP contribution in [0.15, 0.2) is 36.7 Å². The van der Waals surface area contributed by atoms with Crippen LogP contribution in [0.4, 0.5) is 0 Å². The quantitative estimate of drug-likeness (QED) is 0.890. The molecule has 1 unspecified atom stereocenters. The van der Waals surface area contributed by atoms with E-state index in [-0.39, 0.29) is 5.91 Å². The Kier molecular flexibility index (Phi) is 2.97. The maximum Gasteiger partial charge on any atom is 0.258 e. The summed E-state index contributed by atoms with van der Waals surface area (Å²) in [5.41, 5.74) is 1.73. The van der Waals surface area contributed by atoms with Crippen LogP contribution < -0.4 is 14.2 Å². The molecule has 0 saturated heterocycles. The average Bonchev–Trinajstić information content (AvgIpc) is 3.13. The van der Waals surface area contributed by atoms with Crippen molar-refractivity contribution in [1.29, 1.82) is 0 Å². The van der Waals surface area contributed by atoms with Gasteiger partial charge in [-0.1, -0.05) is 6.07 Å². The van der Waals surface area contributed by atoms with Crippen LogP contribution in [0.3, 0.4) is 0 Å². The largest absolute Gasteiger partial charge is 0.486 e. The lowest BCUT2D eigenvalue weighted by Gasteiger charge is -2.18. The monoisotopic (exact) mass is 317 g/mol. The topological polar surface area (TPSA) is 82.5 Å². The van der Waals surface area contributed by atoms with Gasteiger partial charge in [0.25, 0.3) is 5.91 Å². The van der Waals surface area contributed by atoms with E-state index in [1.807, 2.05) is 18.2 Å². The molecule has 0 fully saturated rings. The van der Waals surface area contributed by atoms with Crippen molar-refractivity contribution in [2.75, 3.05) is 13.2 Å². The van der Waals surface area contributed by atoms with Crippen molar-refractivity contribution in [1.82, 2.24) is 14.5 Å². The molecule has 1 aromatic heterocycles. The number of rotatable bonds is 2. The molecule has 22 heavy (non-hydrogen) atoms. The lowest BCUT2D eigenvalue weighted by molar-refractivity contribution is -0.114. The summed E-state index contributed by atoms with van der Waals surface area (Å²) >= 11 is 0. The Morgan fingerprint density at radius 1 is 1.18 bits per heavy atom. The number of aromatic nitrogens is 2. The fourth-order valence-electron chi connectivity index (χ4n) is 2.31. The maximum absolute atomic E-state index is 11.7. The Bertz CT molecular complexity index is 827. The lowest BCUT2D eigenvalue weighted by Crippen LogP contribution is -2.17. The summed E-state index contributed by atoms with van der Waals surface area (Å²) in [5.74, 6) is 1.03. The van der Waals surface area contributed by atoms with Gasteiger partial charge in [-0.3, -0.25) is 9.52 Å². The number of nitrogens with zero attached hydrogens (tertiary/aromatic N) is 2. The molecule has 0 saturated carbocycles. The van der Waals surface area contributed by atoms with E-state index >= 15 is 0 Å². The molecule has 112 valence electrons. The maximum atomic E-state index is 11.7. The molecule has 7 nitrogen and oxygen atoms in total. The summed E-state index contributed by atoms with van der Waals surface area (Å²) in [5, 5.41) is 4.48. The molecular weight excluding hydrogens is 306 g/mol. The smallest absolute Gasteiger partial charge is 0.258 e. The fraction of sp³-hybridized carbons (Fsp3) is 0.143. The molecule has 2 aliphatic heterocycles. The zero-order valence-electron chi connectivity index (χ0n) is 11.3. The zero-order chi connectivity index (χ0) is 15.1. The van der Waals surface area contributed by atoms with Gasteiger partial charge in [0.05, 0.1) is 6.20 Å². The number of amides is 1. The van der Waals surface area contributed by atoms with Crippen LogP contribution in [0.5, 0.6) is 11.5 Å². The van der Waals surface area contributed by atoms with Crippen molar-refractivity contribution in [2.45, 2.75) is 0 Å². The summed E-state index contributed by atoms with van der Waals surface area (Å²) in [6, 6.07) is 5.62. The number of nitrogens with one attached hydrogen (secondary N) is 1. The van der Waals surface area contributed by atoms with E-state index < -0.39 is 11.0 Å². The second kappa shape index (κ2) is 4.99. The van der Waals surface area contributed by atoms with Crippen molar-refractivity contribution in [3.63, 3.8) is 0 Å². The number of benzene rings is 1. The molecular formula is C14H11N3O4S. The molecule has 0 radical (unpaired) electrons. The molecule has 0 spiro atoms. The Labute approximate surface area is 128 Å². The Balaban J connectivity index is 1.68. The Morgan fingerprint density at radius 3 is 2.77 bits per heavy atom. The van der Waals surface area contributed by atoms with E-state index in [0.717, 1.165) is 16.9 Å². The first kappa shape index (κ1) is 13.1. The molecule has 3 heterocycles. The van der Waals surface area contributed by atoms with Crippen molar-refractivity contribution in [3.05, 3.63) is 36.7 Å². The highest BCUT2D eigenvalue weighted by atomic mass is 32.2. The molecule has 1 atom stereocenters. The predicted molar refractivity (Wildman–Crippen MR) is 79.2 cm³/mol. The second-order valence-electron chi connectivity index (χ2n) is 4.75. The lowest BCUT2D eigenvalue weighted by atomic mass is 10.1. The highest BCUT2D eigenvalue weighted by Gasteiger charge is 2.22. The molecule has 0 aliphatic carbocycles. The van der Waals surface area contributed by atoms with Crippen LogP contribution in [-0.4, -0.2) is 33.1 Å². The van der Waals surface area contributed by atoms with Crippen molar-refractivity contribution in [3.8, 4) is 22.6 Å². The van der Waals surface area contributed by atoms with Gasteiger partial charge in [0, 0.05) is 17.8 Å². The van der Waals surface area contributed by atoms with Gasteiger partial charge in [0.1, 0.15) is 13.2 Å². The fourth-order valence-corrected chi connectivity index (χ4v) is 3.14. The van der Waals surface area contributed by atoms with E-state index in [1.54, 1.807) is 12.4 Å². The van der Waals surface area contributed by atoms with Crippen LogP contribution in [0, 0.1) is 0 Å². The van der Waals surface area contributed by atoms with Crippen molar-refractivity contribution in [2.24, 2.45) is 0 Å². The Morgan fingerprint density at radius 2 is 2.00 bits per heavy atom. The third-order valence-electron chi connectivity index (χ3n) is 3.32. The highest BCUT2D eigenvalue weighted by Crippen LogP contribution is 2.34. The molecule has 1 amide bonds. The van der Waals surface area contributed by atoms with Crippen LogP contribution >= 0.6 is 0 Å². The zero-order valence-corrected chi connectivity index (χ0v) is 12.1. The number of hydrogen-bond donors (Lipinski definition) is 1. The molecule has 2 aliphatic rings. The molecule has 1 N–H and O–H groups in total.